The van der Waals surface area contributed by atoms with Gasteiger partial charge in [-0.05, 0) is 59.7 Å². The van der Waals surface area contributed by atoms with Gasteiger partial charge in [0.25, 0.3) is 0 Å². The van der Waals surface area contributed by atoms with Crippen LogP contribution in [0.15, 0.2) is 72.8 Å². The number of nitrogens with zero attached hydrogens (tertiary/aromatic N) is 2. The summed E-state index contributed by atoms with van der Waals surface area (Å²) in [6.07, 6.45) is -1.43. The highest BCUT2D eigenvalue weighted by Gasteiger charge is 2.51. The third kappa shape index (κ3) is 2.75. The number of para-hydroxylation sites is 3. The average molecular weight is 456 g/mol. The fraction of sp³-hybridized carbons (Fsp3) is 0.219. The molecule has 0 aliphatic carbocycles. The SMILES string of the molecule is Cc1cc(C)c([B-]2(c3c(C)cc(C)cc3C)c3ccccc3-n3c2[n+](C)c2ccccc23)c(C)c1. The molecule has 0 atom stereocenters. The minimum atomic E-state index is -1.43. The van der Waals surface area contributed by atoms with Crippen molar-refractivity contribution in [3.05, 3.63) is 106 Å². The minimum Gasteiger partial charge on any atom is -0.265 e. The van der Waals surface area contributed by atoms with Gasteiger partial charge < -0.3 is 0 Å². The molecule has 4 aromatic carbocycles. The summed E-state index contributed by atoms with van der Waals surface area (Å²) >= 11 is 0. The first-order valence-corrected chi connectivity index (χ1v) is 12.7. The van der Waals surface area contributed by atoms with Crippen LogP contribution < -0.4 is 26.7 Å². The predicted molar refractivity (Wildman–Crippen MR) is 150 cm³/mol. The van der Waals surface area contributed by atoms with Crippen LogP contribution in [0.4, 0.5) is 0 Å². The first-order chi connectivity index (χ1) is 16.8. The lowest BCUT2D eigenvalue weighted by Gasteiger charge is -2.41. The van der Waals surface area contributed by atoms with Crippen LogP contribution in [0.25, 0.3) is 16.7 Å². The molecule has 5 aromatic rings. The molecule has 174 valence electrons. The largest absolute Gasteiger partial charge is 0.265 e. The van der Waals surface area contributed by atoms with E-state index < -0.39 is 6.15 Å². The zero-order valence-electron chi connectivity index (χ0n) is 21.9. The van der Waals surface area contributed by atoms with Gasteiger partial charge in [-0.3, -0.25) is 4.57 Å². The summed E-state index contributed by atoms with van der Waals surface area (Å²) in [6, 6.07) is 27.4. The Morgan fingerprint density at radius 3 is 1.69 bits per heavy atom. The van der Waals surface area contributed by atoms with Crippen LogP contribution in [0.5, 0.6) is 0 Å². The van der Waals surface area contributed by atoms with Crippen LogP contribution >= 0.6 is 0 Å². The highest BCUT2D eigenvalue weighted by atomic mass is 15.2. The van der Waals surface area contributed by atoms with E-state index in [9.17, 15) is 0 Å². The predicted octanol–water partition coefficient (Wildman–Crippen LogP) is 4.00. The third-order valence-electron chi connectivity index (χ3n) is 8.43. The lowest BCUT2D eigenvalue weighted by Crippen LogP contribution is -2.80. The Hall–Kier alpha value is -3.59. The molecule has 1 aliphatic rings. The van der Waals surface area contributed by atoms with E-state index in [4.69, 9.17) is 0 Å². The number of fused-ring (bicyclic) bond motifs is 5. The number of hydrogen-bond donors (Lipinski definition) is 0. The Kier molecular flexibility index (Phi) is 4.67. The fourth-order valence-corrected chi connectivity index (χ4v) is 7.73. The van der Waals surface area contributed by atoms with Crippen molar-refractivity contribution in [1.29, 1.82) is 0 Å². The lowest BCUT2D eigenvalue weighted by molar-refractivity contribution is -0.627. The summed E-state index contributed by atoms with van der Waals surface area (Å²) in [4.78, 5) is 0. The summed E-state index contributed by atoms with van der Waals surface area (Å²) in [5.41, 5.74) is 17.7. The Morgan fingerprint density at radius 1 is 0.629 bits per heavy atom. The molecule has 0 bridgehead atoms. The molecule has 6 rings (SSSR count). The molecule has 1 aromatic heterocycles. The van der Waals surface area contributed by atoms with Gasteiger partial charge in [-0.15, -0.1) is 5.46 Å². The summed E-state index contributed by atoms with van der Waals surface area (Å²) < 4.78 is 5.01. The van der Waals surface area contributed by atoms with Crippen LogP contribution in [0.1, 0.15) is 33.4 Å². The Labute approximate surface area is 208 Å². The monoisotopic (exact) mass is 456 g/mol. The second-order valence-electron chi connectivity index (χ2n) is 10.8. The Morgan fingerprint density at radius 2 is 1.11 bits per heavy atom. The molecule has 0 saturated heterocycles. The van der Waals surface area contributed by atoms with Crippen molar-refractivity contribution in [2.75, 3.05) is 0 Å². The number of hydrogen-bond acceptors (Lipinski definition) is 0. The van der Waals surface area contributed by atoms with Gasteiger partial charge in [-0.25, -0.2) is 4.57 Å². The van der Waals surface area contributed by atoms with E-state index in [1.807, 2.05) is 0 Å². The first kappa shape index (κ1) is 21.9. The van der Waals surface area contributed by atoms with E-state index >= 15 is 0 Å². The quantitative estimate of drug-likeness (QED) is 0.275. The molecule has 0 radical (unpaired) electrons. The van der Waals surface area contributed by atoms with E-state index in [0.29, 0.717) is 0 Å². The number of rotatable bonds is 2. The molecule has 3 heteroatoms. The Balaban J connectivity index is 1.95. The Bertz CT molecular complexity index is 1570. The van der Waals surface area contributed by atoms with Crippen LogP contribution in [0.3, 0.4) is 0 Å². The maximum absolute atomic E-state index is 2.54. The van der Waals surface area contributed by atoms with Gasteiger partial charge in [0.2, 0.25) is 6.15 Å². The van der Waals surface area contributed by atoms with Crippen LogP contribution in [0, 0.1) is 41.5 Å². The van der Waals surface area contributed by atoms with Gasteiger partial charge >= 0.3 is 0 Å². The van der Waals surface area contributed by atoms with E-state index in [1.165, 1.54) is 72.2 Å². The molecule has 1 aliphatic heterocycles. The van der Waals surface area contributed by atoms with Gasteiger partial charge in [0.15, 0.2) is 11.0 Å². The first-order valence-electron chi connectivity index (χ1n) is 12.7. The lowest BCUT2D eigenvalue weighted by atomic mass is 9.14. The topological polar surface area (TPSA) is 8.81 Å². The summed E-state index contributed by atoms with van der Waals surface area (Å²) in [6.45, 7) is 13.7. The van der Waals surface area contributed by atoms with Crippen molar-refractivity contribution in [2.45, 2.75) is 41.5 Å². The van der Waals surface area contributed by atoms with E-state index in [2.05, 4.69) is 131 Å². The molecular weight excluding hydrogens is 423 g/mol. The minimum absolute atomic E-state index is 1.27. The number of imidazole rings is 1. The maximum atomic E-state index is 2.54. The normalized spacial score (nSPS) is 13.8. The second-order valence-corrected chi connectivity index (χ2v) is 10.8. The molecule has 0 spiro atoms. The smallest absolute Gasteiger partial charge is 0.207 e. The van der Waals surface area contributed by atoms with Gasteiger partial charge in [-0.1, -0.05) is 88.0 Å². The third-order valence-corrected chi connectivity index (χ3v) is 8.43. The number of aromatic nitrogens is 2. The van der Waals surface area contributed by atoms with Crippen molar-refractivity contribution in [1.82, 2.24) is 4.57 Å². The molecule has 2 nitrogen and oxygen atoms in total. The molecule has 35 heavy (non-hydrogen) atoms. The molecule has 0 N–H and O–H groups in total. The van der Waals surface area contributed by atoms with Crippen LogP contribution in [-0.2, 0) is 7.05 Å². The van der Waals surface area contributed by atoms with Crippen LogP contribution in [-0.4, -0.2) is 10.7 Å². The van der Waals surface area contributed by atoms with Gasteiger partial charge in [0.1, 0.15) is 0 Å². The zero-order chi connectivity index (χ0) is 24.6. The number of aryl methyl sites for hydroxylation is 7. The molecule has 0 saturated carbocycles. The summed E-state index contributed by atoms with van der Waals surface area (Å²) in [5, 5.41) is 0. The standard InChI is InChI=1S/C32H33BN2/c1-20-16-22(3)30(23(4)17-20)33(31-24(5)18-21(2)19-25(31)6)26-12-8-9-13-27(26)35-29-15-11-10-14-28(29)34(7)32(33)35/h8-19H,1-7H3. The van der Waals surface area contributed by atoms with Crippen molar-refractivity contribution in [3.63, 3.8) is 0 Å². The molecule has 0 fully saturated rings. The second kappa shape index (κ2) is 7.45. The van der Waals surface area contributed by atoms with Crippen molar-refractivity contribution in [2.24, 2.45) is 7.05 Å². The van der Waals surface area contributed by atoms with E-state index in [1.54, 1.807) is 0 Å². The highest BCUT2D eigenvalue weighted by Crippen LogP contribution is 2.28. The van der Waals surface area contributed by atoms with Gasteiger partial charge in [-0.2, -0.15) is 10.9 Å². The fourth-order valence-electron chi connectivity index (χ4n) is 7.73. The van der Waals surface area contributed by atoms with E-state index in [-0.39, 0.29) is 0 Å². The highest BCUT2D eigenvalue weighted by molar-refractivity contribution is 7.21. The van der Waals surface area contributed by atoms with Gasteiger partial charge in [0, 0.05) is 0 Å². The summed E-state index contributed by atoms with van der Waals surface area (Å²) in [5.74, 6) is 0. The van der Waals surface area contributed by atoms with Crippen molar-refractivity contribution in [3.8, 4) is 5.69 Å². The zero-order valence-corrected chi connectivity index (χ0v) is 21.9. The molecule has 2 heterocycles. The van der Waals surface area contributed by atoms with Crippen LogP contribution in [0.2, 0.25) is 0 Å². The van der Waals surface area contributed by atoms with Gasteiger partial charge in [0.05, 0.1) is 18.5 Å². The average Bonchev–Trinajstić information content (AvgIpc) is 3.25. The number of benzene rings is 4. The van der Waals surface area contributed by atoms with Crippen molar-refractivity contribution >= 4 is 39.3 Å². The maximum Gasteiger partial charge on any atom is 0.207 e. The molecule has 0 unspecified atom stereocenters. The van der Waals surface area contributed by atoms with Crippen molar-refractivity contribution < 1.29 is 4.57 Å². The molecule has 0 amide bonds. The molecular formula is C32H33BN2. The van der Waals surface area contributed by atoms with E-state index in [0.717, 1.165) is 0 Å². The summed E-state index contributed by atoms with van der Waals surface area (Å²) in [7, 11) is 2.26.